The van der Waals surface area contributed by atoms with Gasteiger partial charge in [0.15, 0.2) is 0 Å². The first-order valence-corrected chi connectivity index (χ1v) is 5.78. The number of ketones is 1. The van der Waals surface area contributed by atoms with E-state index in [2.05, 4.69) is 20.8 Å². The van der Waals surface area contributed by atoms with Gasteiger partial charge in [0.2, 0.25) is 0 Å². The summed E-state index contributed by atoms with van der Waals surface area (Å²) >= 11 is 0. The fourth-order valence-corrected chi connectivity index (χ4v) is 2.10. The van der Waals surface area contributed by atoms with Gasteiger partial charge in [0, 0.05) is 18.9 Å². The Morgan fingerprint density at radius 1 is 1.50 bits per heavy atom. The Bertz CT molecular complexity index is 200. The molecule has 2 atom stereocenters. The standard InChI is InChI=1S/C12H22O2/c1-4-6-11(13)10-7-8-14-12(3,5-2)9-10/h10H,4-9H2,1-3H3/t10-,12+/m1/s1. The summed E-state index contributed by atoms with van der Waals surface area (Å²) < 4.78 is 5.72. The number of carbonyl (C=O) groups excluding carboxylic acids is 1. The summed E-state index contributed by atoms with van der Waals surface area (Å²) in [4.78, 5) is 11.7. The molecule has 14 heavy (non-hydrogen) atoms. The molecular formula is C12H22O2. The summed E-state index contributed by atoms with van der Waals surface area (Å²) in [6, 6.07) is 0. The molecule has 1 heterocycles. The lowest BCUT2D eigenvalue weighted by atomic mass is 9.82. The van der Waals surface area contributed by atoms with E-state index in [4.69, 9.17) is 4.74 Å². The van der Waals surface area contributed by atoms with Crippen molar-refractivity contribution in [2.75, 3.05) is 6.61 Å². The smallest absolute Gasteiger partial charge is 0.136 e. The third-order valence-corrected chi connectivity index (χ3v) is 3.29. The zero-order valence-corrected chi connectivity index (χ0v) is 9.64. The highest BCUT2D eigenvalue weighted by Crippen LogP contribution is 2.32. The molecule has 0 saturated carbocycles. The van der Waals surface area contributed by atoms with Gasteiger partial charge in [-0.3, -0.25) is 4.79 Å². The Morgan fingerprint density at radius 2 is 2.21 bits per heavy atom. The fourth-order valence-electron chi connectivity index (χ4n) is 2.10. The van der Waals surface area contributed by atoms with Crippen LogP contribution in [0.1, 0.15) is 52.9 Å². The van der Waals surface area contributed by atoms with E-state index in [1.807, 2.05) is 0 Å². The van der Waals surface area contributed by atoms with Crippen molar-refractivity contribution >= 4 is 5.78 Å². The predicted molar refractivity (Wildman–Crippen MR) is 57.3 cm³/mol. The van der Waals surface area contributed by atoms with Crippen LogP contribution < -0.4 is 0 Å². The molecule has 0 radical (unpaired) electrons. The third-order valence-electron chi connectivity index (χ3n) is 3.29. The molecule has 0 aromatic rings. The normalized spacial score (nSPS) is 32.9. The largest absolute Gasteiger partial charge is 0.375 e. The number of ether oxygens (including phenoxy) is 1. The second-order valence-corrected chi connectivity index (χ2v) is 4.56. The van der Waals surface area contributed by atoms with Gasteiger partial charge in [-0.15, -0.1) is 0 Å². The molecule has 0 aromatic carbocycles. The van der Waals surface area contributed by atoms with Crippen molar-refractivity contribution in [3.8, 4) is 0 Å². The topological polar surface area (TPSA) is 26.3 Å². The number of carbonyl (C=O) groups is 1. The number of rotatable bonds is 4. The van der Waals surface area contributed by atoms with Gasteiger partial charge in [-0.05, 0) is 32.6 Å². The van der Waals surface area contributed by atoms with E-state index in [-0.39, 0.29) is 11.5 Å². The van der Waals surface area contributed by atoms with E-state index in [1.54, 1.807) is 0 Å². The van der Waals surface area contributed by atoms with Crippen LogP contribution in [0.15, 0.2) is 0 Å². The van der Waals surface area contributed by atoms with Crippen LogP contribution in [0.4, 0.5) is 0 Å². The van der Waals surface area contributed by atoms with E-state index < -0.39 is 0 Å². The van der Waals surface area contributed by atoms with Gasteiger partial charge in [-0.1, -0.05) is 13.8 Å². The maximum absolute atomic E-state index is 11.7. The molecule has 0 bridgehead atoms. The van der Waals surface area contributed by atoms with Gasteiger partial charge in [0.05, 0.1) is 5.60 Å². The lowest BCUT2D eigenvalue weighted by Crippen LogP contribution is -2.39. The number of hydrogen-bond acceptors (Lipinski definition) is 2. The molecule has 0 aromatic heterocycles. The average Bonchev–Trinajstić information content (AvgIpc) is 2.18. The summed E-state index contributed by atoms with van der Waals surface area (Å²) in [5.41, 5.74) is -0.0493. The highest BCUT2D eigenvalue weighted by molar-refractivity contribution is 5.81. The molecule has 2 nitrogen and oxygen atoms in total. The van der Waals surface area contributed by atoms with Crippen LogP contribution in [0, 0.1) is 5.92 Å². The van der Waals surface area contributed by atoms with Crippen LogP contribution in [-0.2, 0) is 9.53 Å². The van der Waals surface area contributed by atoms with Gasteiger partial charge in [-0.25, -0.2) is 0 Å². The van der Waals surface area contributed by atoms with Crippen molar-refractivity contribution in [1.29, 1.82) is 0 Å². The fraction of sp³-hybridized carbons (Fsp3) is 0.917. The average molecular weight is 198 g/mol. The molecule has 1 rings (SSSR count). The van der Waals surface area contributed by atoms with Crippen LogP contribution in [0.5, 0.6) is 0 Å². The van der Waals surface area contributed by atoms with Crippen LogP contribution >= 0.6 is 0 Å². The Balaban J connectivity index is 2.51. The van der Waals surface area contributed by atoms with Gasteiger partial charge in [0.1, 0.15) is 5.78 Å². The van der Waals surface area contributed by atoms with E-state index in [1.165, 1.54) is 0 Å². The zero-order chi connectivity index (χ0) is 10.6. The van der Waals surface area contributed by atoms with E-state index in [9.17, 15) is 4.79 Å². The highest BCUT2D eigenvalue weighted by atomic mass is 16.5. The zero-order valence-electron chi connectivity index (χ0n) is 9.64. The van der Waals surface area contributed by atoms with Gasteiger partial charge < -0.3 is 4.74 Å². The minimum atomic E-state index is -0.0493. The van der Waals surface area contributed by atoms with Gasteiger partial charge >= 0.3 is 0 Å². The number of hydrogen-bond donors (Lipinski definition) is 0. The van der Waals surface area contributed by atoms with Gasteiger partial charge in [-0.2, -0.15) is 0 Å². The maximum Gasteiger partial charge on any atom is 0.136 e. The first kappa shape index (κ1) is 11.7. The second kappa shape index (κ2) is 4.92. The molecule has 0 amide bonds. The molecule has 1 saturated heterocycles. The monoisotopic (exact) mass is 198 g/mol. The predicted octanol–water partition coefficient (Wildman–Crippen LogP) is 2.95. The summed E-state index contributed by atoms with van der Waals surface area (Å²) in [7, 11) is 0. The summed E-state index contributed by atoms with van der Waals surface area (Å²) in [6.45, 7) is 7.08. The summed E-state index contributed by atoms with van der Waals surface area (Å²) in [6.07, 6.45) is 4.56. The minimum absolute atomic E-state index is 0.0493. The number of Topliss-reactive ketones (excluding diaryl/α,β-unsaturated/α-hetero) is 1. The van der Waals surface area contributed by atoms with Crippen LogP contribution in [0.2, 0.25) is 0 Å². The lowest BCUT2D eigenvalue weighted by Gasteiger charge is -2.37. The highest BCUT2D eigenvalue weighted by Gasteiger charge is 2.34. The Hall–Kier alpha value is -0.370. The molecule has 0 spiro atoms. The molecule has 0 unspecified atom stereocenters. The van der Waals surface area contributed by atoms with Crippen molar-refractivity contribution in [2.45, 2.75) is 58.5 Å². The first-order valence-electron chi connectivity index (χ1n) is 5.78. The van der Waals surface area contributed by atoms with Crippen molar-refractivity contribution in [3.63, 3.8) is 0 Å². The molecule has 1 aliphatic rings. The molecule has 82 valence electrons. The maximum atomic E-state index is 11.7. The van der Waals surface area contributed by atoms with Crippen molar-refractivity contribution in [3.05, 3.63) is 0 Å². The molecule has 2 heteroatoms. The van der Waals surface area contributed by atoms with Crippen molar-refractivity contribution < 1.29 is 9.53 Å². The molecule has 0 aliphatic carbocycles. The first-order chi connectivity index (χ1) is 6.61. The Labute approximate surface area is 87.0 Å². The second-order valence-electron chi connectivity index (χ2n) is 4.56. The quantitative estimate of drug-likeness (QED) is 0.694. The van der Waals surface area contributed by atoms with Crippen molar-refractivity contribution in [2.24, 2.45) is 5.92 Å². The van der Waals surface area contributed by atoms with Gasteiger partial charge in [0.25, 0.3) is 0 Å². The van der Waals surface area contributed by atoms with Crippen LogP contribution in [-0.4, -0.2) is 18.0 Å². The lowest BCUT2D eigenvalue weighted by molar-refractivity contribution is -0.135. The van der Waals surface area contributed by atoms with E-state index in [0.29, 0.717) is 5.78 Å². The van der Waals surface area contributed by atoms with Crippen LogP contribution in [0.3, 0.4) is 0 Å². The SMILES string of the molecule is CCCC(=O)[C@@H]1CCO[C@@](C)(CC)C1. The van der Waals surface area contributed by atoms with Crippen LogP contribution in [0.25, 0.3) is 0 Å². The molecule has 1 aliphatic heterocycles. The Kier molecular flexibility index (Phi) is 4.11. The molecular weight excluding hydrogens is 176 g/mol. The third kappa shape index (κ3) is 2.81. The Morgan fingerprint density at radius 3 is 2.79 bits per heavy atom. The molecule has 1 fully saturated rings. The summed E-state index contributed by atoms with van der Waals surface area (Å²) in [5, 5.41) is 0. The van der Waals surface area contributed by atoms with Crippen molar-refractivity contribution in [1.82, 2.24) is 0 Å². The summed E-state index contributed by atoms with van der Waals surface area (Å²) in [5.74, 6) is 0.698. The van der Waals surface area contributed by atoms with E-state index >= 15 is 0 Å². The molecule has 0 N–H and O–H groups in total. The minimum Gasteiger partial charge on any atom is -0.375 e. The van der Waals surface area contributed by atoms with E-state index in [0.717, 1.165) is 38.7 Å².